The minimum Gasteiger partial charge on any atom is -0.434 e. The number of ether oxygens (including phenoxy) is 2. The zero-order valence-corrected chi connectivity index (χ0v) is 7.65. The molecular formula is C9H12O4. The van der Waals surface area contributed by atoms with Crippen molar-refractivity contribution < 1.29 is 19.1 Å². The van der Waals surface area contributed by atoms with Gasteiger partial charge in [0.25, 0.3) is 0 Å². The molecule has 0 spiro atoms. The lowest BCUT2D eigenvalue weighted by Crippen LogP contribution is -2.11. The third kappa shape index (κ3) is 6.80. The Morgan fingerprint density at radius 3 is 2.54 bits per heavy atom. The van der Waals surface area contributed by atoms with Gasteiger partial charge in [0.15, 0.2) is 0 Å². The predicted octanol–water partition coefficient (Wildman–Crippen LogP) is 1.82. The molecule has 0 rings (SSSR count). The van der Waals surface area contributed by atoms with Crippen LogP contribution in [0.1, 0.15) is 13.8 Å². The van der Waals surface area contributed by atoms with E-state index in [0.29, 0.717) is 0 Å². The Hall–Kier alpha value is -1.58. The highest BCUT2D eigenvalue weighted by molar-refractivity contribution is 5.89. The van der Waals surface area contributed by atoms with Gasteiger partial charge in [0.05, 0.1) is 6.61 Å². The molecule has 13 heavy (non-hydrogen) atoms. The quantitative estimate of drug-likeness (QED) is 0.290. The Morgan fingerprint density at radius 2 is 2.00 bits per heavy atom. The summed E-state index contributed by atoms with van der Waals surface area (Å²) < 4.78 is 8.60. The maximum atomic E-state index is 10.8. The molecule has 0 aliphatic carbocycles. The van der Waals surface area contributed by atoms with Crippen molar-refractivity contribution in [1.29, 1.82) is 0 Å². The Balaban J connectivity index is 3.80. The molecule has 4 nitrogen and oxygen atoms in total. The van der Waals surface area contributed by atoms with E-state index in [0.717, 1.165) is 6.08 Å². The zero-order chi connectivity index (χ0) is 10.1. The van der Waals surface area contributed by atoms with Crippen molar-refractivity contribution in [2.45, 2.75) is 13.8 Å². The molecule has 4 heteroatoms. The van der Waals surface area contributed by atoms with Crippen molar-refractivity contribution in [3.8, 4) is 0 Å². The second-order valence-electron chi connectivity index (χ2n) is 1.99. The van der Waals surface area contributed by atoms with Crippen molar-refractivity contribution in [1.82, 2.24) is 0 Å². The SMILES string of the molecule is CC=CC=CC(=O)OC(=O)OCC. The topological polar surface area (TPSA) is 52.6 Å². The van der Waals surface area contributed by atoms with Crippen molar-refractivity contribution in [3.05, 3.63) is 24.3 Å². The van der Waals surface area contributed by atoms with Gasteiger partial charge in [-0.15, -0.1) is 0 Å². The highest BCUT2D eigenvalue weighted by atomic mass is 16.7. The summed E-state index contributed by atoms with van der Waals surface area (Å²) >= 11 is 0. The lowest BCUT2D eigenvalue weighted by molar-refractivity contribution is -0.134. The largest absolute Gasteiger partial charge is 0.516 e. The summed E-state index contributed by atoms with van der Waals surface area (Å²) in [5.41, 5.74) is 0. The van der Waals surface area contributed by atoms with Crippen LogP contribution in [0.15, 0.2) is 24.3 Å². The van der Waals surface area contributed by atoms with Gasteiger partial charge < -0.3 is 9.47 Å². The van der Waals surface area contributed by atoms with Crippen molar-refractivity contribution in [3.63, 3.8) is 0 Å². The van der Waals surface area contributed by atoms with Crippen molar-refractivity contribution in [2.24, 2.45) is 0 Å². The van der Waals surface area contributed by atoms with Crippen LogP contribution in [0, 0.1) is 0 Å². The van der Waals surface area contributed by atoms with Gasteiger partial charge in [0, 0.05) is 6.08 Å². The van der Waals surface area contributed by atoms with E-state index in [9.17, 15) is 9.59 Å². The highest BCUT2D eigenvalue weighted by Gasteiger charge is 2.06. The normalized spacial score (nSPS) is 10.6. The van der Waals surface area contributed by atoms with Crippen LogP contribution in [-0.4, -0.2) is 18.7 Å². The van der Waals surface area contributed by atoms with E-state index in [4.69, 9.17) is 0 Å². The minimum absolute atomic E-state index is 0.185. The molecule has 0 heterocycles. The fourth-order valence-electron chi connectivity index (χ4n) is 0.509. The molecule has 0 bridgehead atoms. The van der Waals surface area contributed by atoms with Gasteiger partial charge in [-0.2, -0.15) is 0 Å². The van der Waals surface area contributed by atoms with E-state index < -0.39 is 12.1 Å². The Morgan fingerprint density at radius 1 is 1.31 bits per heavy atom. The van der Waals surface area contributed by atoms with Gasteiger partial charge in [0.2, 0.25) is 0 Å². The fourth-order valence-corrected chi connectivity index (χ4v) is 0.509. The summed E-state index contributed by atoms with van der Waals surface area (Å²) in [6, 6.07) is 0. The number of carbonyl (C=O) groups is 2. The molecule has 0 unspecified atom stereocenters. The van der Waals surface area contributed by atoms with Crippen LogP contribution in [0.5, 0.6) is 0 Å². The summed E-state index contributed by atoms with van der Waals surface area (Å²) in [4.78, 5) is 21.3. The molecule has 0 fully saturated rings. The molecule has 0 amide bonds. The third-order valence-corrected chi connectivity index (χ3v) is 0.982. The van der Waals surface area contributed by atoms with Crippen molar-refractivity contribution >= 4 is 12.1 Å². The average molecular weight is 184 g/mol. The Kier molecular flexibility index (Phi) is 6.23. The van der Waals surface area contributed by atoms with Crippen LogP contribution in [0.3, 0.4) is 0 Å². The lowest BCUT2D eigenvalue weighted by atomic mass is 10.4. The third-order valence-electron chi connectivity index (χ3n) is 0.982. The molecular weight excluding hydrogens is 172 g/mol. The first-order valence-corrected chi connectivity index (χ1v) is 3.88. The molecule has 0 N–H and O–H groups in total. The lowest BCUT2D eigenvalue weighted by Gasteiger charge is -1.98. The molecule has 0 atom stereocenters. The standard InChI is InChI=1S/C9H12O4/c1-3-5-6-7-8(10)13-9(11)12-4-2/h3,5-7H,4H2,1-2H3. The smallest absolute Gasteiger partial charge is 0.434 e. The van der Waals surface area contributed by atoms with Gasteiger partial charge in [-0.3, -0.25) is 0 Å². The summed E-state index contributed by atoms with van der Waals surface area (Å²) in [7, 11) is 0. The van der Waals surface area contributed by atoms with Crippen LogP contribution in [0.25, 0.3) is 0 Å². The maximum Gasteiger partial charge on any atom is 0.516 e. The predicted molar refractivity (Wildman–Crippen MR) is 47.1 cm³/mol. The maximum absolute atomic E-state index is 10.8. The van der Waals surface area contributed by atoms with E-state index in [-0.39, 0.29) is 6.61 Å². The Labute approximate surface area is 76.8 Å². The van der Waals surface area contributed by atoms with Gasteiger partial charge >= 0.3 is 12.1 Å². The van der Waals surface area contributed by atoms with Crippen LogP contribution in [-0.2, 0) is 14.3 Å². The Bertz CT molecular complexity index is 228. The highest BCUT2D eigenvalue weighted by Crippen LogP contribution is 1.88. The van der Waals surface area contributed by atoms with E-state index in [1.807, 2.05) is 0 Å². The number of hydrogen-bond acceptors (Lipinski definition) is 4. The summed E-state index contributed by atoms with van der Waals surface area (Å²) in [6.07, 6.45) is 5.02. The van der Waals surface area contributed by atoms with Gasteiger partial charge in [-0.05, 0) is 13.8 Å². The van der Waals surface area contributed by atoms with E-state index in [2.05, 4.69) is 9.47 Å². The van der Waals surface area contributed by atoms with Crippen LogP contribution < -0.4 is 0 Å². The monoisotopic (exact) mass is 184 g/mol. The minimum atomic E-state index is -0.974. The first kappa shape index (κ1) is 11.4. The van der Waals surface area contributed by atoms with Crippen LogP contribution in [0.2, 0.25) is 0 Å². The van der Waals surface area contributed by atoms with Crippen LogP contribution >= 0.6 is 0 Å². The van der Waals surface area contributed by atoms with E-state index >= 15 is 0 Å². The molecule has 72 valence electrons. The molecule has 0 aromatic carbocycles. The molecule has 0 aliphatic heterocycles. The molecule has 0 aliphatic rings. The van der Waals surface area contributed by atoms with Crippen LogP contribution in [0.4, 0.5) is 4.79 Å². The summed E-state index contributed by atoms with van der Waals surface area (Å²) in [5, 5.41) is 0. The number of allylic oxidation sites excluding steroid dienone is 3. The van der Waals surface area contributed by atoms with Gasteiger partial charge in [-0.1, -0.05) is 18.2 Å². The van der Waals surface area contributed by atoms with E-state index in [1.165, 1.54) is 6.08 Å². The average Bonchev–Trinajstić information content (AvgIpc) is 2.05. The number of carbonyl (C=O) groups excluding carboxylic acids is 2. The fraction of sp³-hybridized carbons (Fsp3) is 0.333. The second-order valence-corrected chi connectivity index (χ2v) is 1.99. The van der Waals surface area contributed by atoms with Gasteiger partial charge in [-0.25, -0.2) is 9.59 Å². The molecule has 0 aromatic heterocycles. The number of hydrogen-bond donors (Lipinski definition) is 0. The first-order chi connectivity index (χ1) is 6.20. The first-order valence-electron chi connectivity index (χ1n) is 3.88. The van der Waals surface area contributed by atoms with Gasteiger partial charge in [0.1, 0.15) is 0 Å². The second kappa shape index (κ2) is 7.09. The molecule has 0 radical (unpaired) electrons. The summed E-state index contributed by atoms with van der Waals surface area (Å²) in [5.74, 6) is -0.739. The number of rotatable bonds is 3. The number of esters is 1. The van der Waals surface area contributed by atoms with Crippen molar-refractivity contribution in [2.75, 3.05) is 6.61 Å². The zero-order valence-electron chi connectivity index (χ0n) is 7.65. The molecule has 0 saturated carbocycles. The molecule has 0 saturated heterocycles. The van der Waals surface area contributed by atoms with E-state index in [1.54, 1.807) is 26.0 Å². The summed E-state index contributed by atoms with van der Waals surface area (Å²) in [6.45, 7) is 3.62. The molecule has 0 aromatic rings.